The second kappa shape index (κ2) is 6.99. The lowest BCUT2D eigenvalue weighted by atomic mass is 10.1. The monoisotopic (exact) mass is 373 g/mol. The molecule has 1 saturated heterocycles. The minimum Gasteiger partial charge on any atom is -0.394 e. The van der Waals surface area contributed by atoms with Gasteiger partial charge in [-0.15, -0.1) is 0 Å². The average Bonchev–Trinajstić information content (AvgIpc) is 3.25. The topological polar surface area (TPSA) is 122 Å². The number of imidazole rings is 1. The van der Waals surface area contributed by atoms with E-state index in [9.17, 15) is 19.4 Å². The van der Waals surface area contributed by atoms with Crippen molar-refractivity contribution >= 4 is 22.9 Å². The van der Waals surface area contributed by atoms with Crippen molar-refractivity contribution in [1.82, 2.24) is 19.5 Å². The Morgan fingerprint density at radius 1 is 1.26 bits per heavy atom. The third-order valence-corrected chi connectivity index (χ3v) is 4.37. The van der Waals surface area contributed by atoms with Gasteiger partial charge in [0, 0.05) is 5.56 Å². The summed E-state index contributed by atoms with van der Waals surface area (Å²) in [4.78, 5) is 24.6. The molecular weight excluding hydrogens is 357 g/mol. The molecule has 1 aliphatic rings. The smallest absolute Gasteiger partial charge is 0.256 e. The highest BCUT2D eigenvalue weighted by Crippen LogP contribution is 2.34. The summed E-state index contributed by atoms with van der Waals surface area (Å²) < 4.78 is 21.1. The van der Waals surface area contributed by atoms with Crippen LogP contribution in [-0.2, 0) is 4.74 Å². The molecule has 2 unspecified atom stereocenters. The quantitative estimate of drug-likeness (QED) is 0.614. The van der Waals surface area contributed by atoms with E-state index in [1.54, 1.807) is 30.3 Å². The van der Waals surface area contributed by atoms with Crippen molar-refractivity contribution in [2.75, 3.05) is 11.9 Å². The summed E-state index contributed by atoms with van der Waals surface area (Å²) in [6, 6.07) is 8.58. The van der Waals surface area contributed by atoms with Crippen LogP contribution in [0.3, 0.4) is 0 Å². The summed E-state index contributed by atoms with van der Waals surface area (Å²) in [7, 11) is 0. The highest BCUT2D eigenvalue weighted by molar-refractivity contribution is 6.06. The fraction of sp³-hybridized carbons (Fsp3) is 0.294. The number of benzene rings is 1. The SMILES string of the molecule is O=C(Nc1ncnc2c1ncn2[C@@H]1O[C@H](CO)C(O)C1F)c1ccccc1. The standard InChI is InChI=1S/C17H16FN5O4/c18-11-13(25)10(6-24)27-17(11)23-8-21-12-14(19-7-20-15(12)23)22-16(26)9-4-2-1-3-5-9/h1-5,7-8,10-11,13,17,24-25H,6H2,(H,19,20,22,26)/t10-,11?,13?,17-/m1/s1. The zero-order chi connectivity index (χ0) is 19.0. The molecule has 2 aromatic heterocycles. The number of ether oxygens (including phenoxy) is 1. The largest absolute Gasteiger partial charge is 0.394 e. The van der Waals surface area contributed by atoms with Crippen LogP contribution in [0.1, 0.15) is 16.6 Å². The lowest BCUT2D eigenvalue weighted by Crippen LogP contribution is -2.30. The van der Waals surface area contributed by atoms with Crippen molar-refractivity contribution in [3.8, 4) is 0 Å². The van der Waals surface area contributed by atoms with Crippen molar-refractivity contribution in [1.29, 1.82) is 0 Å². The van der Waals surface area contributed by atoms with Crippen LogP contribution in [0.25, 0.3) is 11.2 Å². The average molecular weight is 373 g/mol. The van der Waals surface area contributed by atoms with Gasteiger partial charge in [-0.2, -0.15) is 0 Å². The van der Waals surface area contributed by atoms with E-state index in [4.69, 9.17) is 4.74 Å². The number of halogens is 1. The Bertz CT molecular complexity index is 966. The normalized spacial score (nSPS) is 25.0. The number of aliphatic hydroxyl groups excluding tert-OH is 2. The second-order valence-electron chi connectivity index (χ2n) is 6.05. The van der Waals surface area contributed by atoms with E-state index >= 15 is 0 Å². The number of nitrogens with zero attached hydrogens (tertiary/aromatic N) is 4. The van der Waals surface area contributed by atoms with Gasteiger partial charge in [0.25, 0.3) is 5.91 Å². The van der Waals surface area contributed by atoms with Crippen LogP contribution in [0.5, 0.6) is 0 Å². The van der Waals surface area contributed by atoms with E-state index in [0.717, 1.165) is 0 Å². The van der Waals surface area contributed by atoms with Crippen molar-refractivity contribution in [3.05, 3.63) is 48.5 Å². The van der Waals surface area contributed by atoms with Crippen LogP contribution in [0, 0.1) is 0 Å². The van der Waals surface area contributed by atoms with Gasteiger partial charge in [0.15, 0.2) is 29.4 Å². The predicted octanol–water partition coefficient (Wildman–Crippen LogP) is 0.667. The zero-order valence-electron chi connectivity index (χ0n) is 13.9. The number of rotatable bonds is 4. The number of amides is 1. The molecule has 3 heterocycles. The highest BCUT2D eigenvalue weighted by atomic mass is 19.1. The van der Waals surface area contributed by atoms with Crippen molar-refractivity contribution in [2.45, 2.75) is 24.6 Å². The minimum atomic E-state index is -1.77. The molecule has 4 atom stereocenters. The Labute approximate surface area is 152 Å². The molecule has 1 amide bonds. The van der Waals surface area contributed by atoms with Gasteiger partial charge in [-0.25, -0.2) is 19.3 Å². The summed E-state index contributed by atoms with van der Waals surface area (Å²) in [6.07, 6.45) is -2.96. The van der Waals surface area contributed by atoms with Crippen molar-refractivity contribution < 1.29 is 24.1 Å². The van der Waals surface area contributed by atoms with Gasteiger partial charge in [-0.1, -0.05) is 18.2 Å². The van der Waals surface area contributed by atoms with Crippen LogP contribution >= 0.6 is 0 Å². The number of aliphatic hydroxyl groups is 2. The van der Waals surface area contributed by atoms with E-state index in [0.29, 0.717) is 5.56 Å². The Hall–Kier alpha value is -2.95. The van der Waals surface area contributed by atoms with E-state index in [1.165, 1.54) is 17.2 Å². The summed E-state index contributed by atoms with van der Waals surface area (Å²) in [5.74, 6) is -0.207. The van der Waals surface area contributed by atoms with E-state index in [-0.39, 0.29) is 22.9 Å². The van der Waals surface area contributed by atoms with Crippen LogP contribution < -0.4 is 5.32 Å². The first-order valence-electron chi connectivity index (χ1n) is 8.22. The first-order valence-corrected chi connectivity index (χ1v) is 8.22. The number of aromatic nitrogens is 4. The lowest BCUT2D eigenvalue weighted by Gasteiger charge is -2.15. The van der Waals surface area contributed by atoms with Crippen LogP contribution in [0.15, 0.2) is 43.0 Å². The van der Waals surface area contributed by atoms with Gasteiger partial charge in [-0.3, -0.25) is 9.36 Å². The summed E-state index contributed by atoms with van der Waals surface area (Å²) in [5, 5.41) is 21.7. The van der Waals surface area contributed by atoms with Crippen LogP contribution in [0.2, 0.25) is 0 Å². The molecule has 0 radical (unpaired) electrons. The molecule has 0 saturated carbocycles. The molecule has 1 aromatic carbocycles. The molecule has 0 bridgehead atoms. The van der Waals surface area contributed by atoms with Gasteiger partial charge in [0.2, 0.25) is 0 Å². The molecule has 1 fully saturated rings. The molecule has 10 heteroatoms. The number of fused-ring (bicyclic) bond motifs is 1. The minimum absolute atomic E-state index is 0.167. The summed E-state index contributed by atoms with van der Waals surface area (Å²) >= 11 is 0. The van der Waals surface area contributed by atoms with Crippen LogP contribution in [-0.4, -0.2) is 60.6 Å². The number of carbonyl (C=O) groups is 1. The zero-order valence-corrected chi connectivity index (χ0v) is 13.9. The van der Waals surface area contributed by atoms with Crippen molar-refractivity contribution in [3.63, 3.8) is 0 Å². The van der Waals surface area contributed by atoms with Gasteiger partial charge >= 0.3 is 0 Å². The lowest BCUT2D eigenvalue weighted by molar-refractivity contribution is -0.0459. The molecule has 1 aliphatic heterocycles. The van der Waals surface area contributed by atoms with E-state index < -0.39 is 31.2 Å². The molecular formula is C17H16FN5O4. The Balaban J connectivity index is 1.65. The summed E-state index contributed by atoms with van der Waals surface area (Å²) in [5.41, 5.74) is 0.923. The van der Waals surface area contributed by atoms with Gasteiger partial charge < -0.3 is 20.3 Å². The molecule has 0 aliphatic carbocycles. The second-order valence-corrected chi connectivity index (χ2v) is 6.05. The third kappa shape index (κ3) is 3.03. The highest BCUT2D eigenvalue weighted by Gasteiger charge is 2.45. The first kappa shape index (κ1) is 17.5. The number of alkyl halides is 1. The fourth-order valence-electron chi connectivity index (χ4n) is 2.98. The Kier molecular flexibility index (Phi) is 4.52. The number of nitrogens with one attached hydrogen (secondary N) is 1. The Morgan fingerprint density at radius 2 is 2.04 bits per heavy atom. The summed E-state index contributed by atoms with van der Waals surface area (Å²) in [6.45, 7) is -0.516. The molecule has 4 rings (SSSR count). The molecule has 9 nitrogen and oxygen atoms in total. The molecule has 140 valence electrons. The molecule has 0 spiro atoms. The fourth-order valence-corrected chi connectivity index (χ4v) is 2.98. The molecule has 3 aromatic rings. The molecule has 27 heavy (non-hydrogen) atoms. The number of hydrogen-bond acceptors (Lipinski definition) is 7. The van der Waals surface area contributed by atoms with Gasteiger partial charge in [0.1, 0.15) is 18.5 Å². The maximum Gasteiger partial charge on any atom is 0.256 e. The van der Waals surface area contributed by atoms with E-state index in [2.05, 4.69) is 20.3 Å². The number of hydrogen-bond donors (Lipinski definition) is 3. The van der Waals surface area contributed by atoms with E-state index in [1.807, 2.05) is 0 Å². The maximum absolute atomic E-state index is 14.4. The Morgan fingerprint density at radius 3 is 2.74 bits per heavy atom. The predicted molar refractivity (Wildman–Crippen MR) is 91.6 cm³/mol. The van der Waals surface area contributed by atoms with Crippen molar-refractivity contribution in [2.24, 2.45) is 0 Å². The van der Waals surface area contributed by atoms with Gasteiger partial charge in [-0.05, 0) is 12.1 Å². The first-order chi connectivity index (χ1) is 13.1. The third-order valence-electron chi connectivity index (χ3n) is 4.37. The number of anilines is 1. The number of carbonyl (C=O) groups excluding carboxylic acids is 1. The molecule has 3 N–H and O–H groups in total. The van der Waals surface area contributed by atoms with Gasteiger partial charge in [0.05, 0.1) is 12.9 Å². The maximum atomic E-state index is 14.4. The van der Waals surface area contributed by atoms with Crippen LogP contribution in [0.4, 0.5) is 10.2 Å².